The molecule has 0 aliphatic carbocycles. The summed E-state index contributed by atoms with van der Waals surface area (Å²) in [4.78, 5) is 21.3. The van der Waals surface area contributed by atoms with Gasteiger partial charge in [0.25, 0.3) is 0 Å². The van der Waals surface area contributed by atoms with Crippen molar-refractivity contribution in [3.05, 3.63) is 89.5 Å². The molecule has 0 N–H and O–H groups in total. The van der Waals surface area contributed by atoms with E-state index < -0.39 is 0 Å². The molecule has 27 heavy (non-hydrogen) atoms. The van der Waals surface area contributed by atoms with Gasteiger partial charge >= 0.3 is 5.97 Å². The molecule has 0 aliphatic heterocycles. The van der Waals surface area contributed by atoms with Crippen molar-refractivity contribution >= 4 is 17.0 Å². The fourth-order valence-electron chi connectivity index (χ4n) is 3.15. The van der Waals surface area contributed by atoms with Crippen molar-refractivity contribution in [3.63, 3.8) is 0 Å². The fraction of sp³-hybridized carbons (Fsp3) is 0.136. The Morgan fingerprint density at radius 1 is 1.11 bits per heavy atom. The van der Waals surface area contributed by atoms with Gasteiger partial charge < -0.3 is 9.30 Å². The largest absolute Gasteiger partial charge is 0.457 e. The molecular weight excluding hydrogens is 338 g/mol. The van der Waals surface area contributed by atoms with E-state index in [9.17, 15) is 4.79 Å². The monoisotopic (exact) mass is 357 g/mol. The summed E-state index contributed by atoms with van der Waals surface area (Å²) in [6.45, 7) is 4.19. The maximum atomic E-state index is 12.8. The first-order chi connectivity index (χ1) is 13.1. The SMILES string of the molecule is Cc1ccc(-n2cc(C)c3ncncc32)c(C(=O)OCc2ccccc2)c1. The lowest BCUT2D eigenvalue weighted by Gasteiger charge is -2.13. The molecule has 0 saturated carbocycles. The molecule has 0 amide bonds. The highest BCUT2D eigenvalue weighted by Gasteiger charge is 2.17. The normalized spacial score (nSPS) is 10.9. The lowest BCUT2D eigenvalue weighted by molar-refractivity contribution is 0.0472. The molecule has 134 valence electrons. The molecule has 5 heteroatoms. The third-order valence-corrected chi connectivity index (χ3v) is 4.49. The standard InChI is InChI=1S/C22H19N3O2/c1-15-8-9-19(25-12-16(2)21-20(25)11-23-14-24-21)18(10-15)22(26)27-13-17-6-4-3-5-7-17/h3-12,14H,13H2,1-2H3. The van der Waals surface area contributed by atoms with Crippen LogP contribution >= 0.6 is 0 Å². The van der Waals surface area contributed by atoms with Crippen molar-refractivity contribution in [1.29, 1.82) is 0 Å². The van der Waals surface area contributed by atoms with Crippen molar-refractivity contribution < 1.29 is 9.53 Å². The zero-order valence-electron chi connectivity index (χ0n) is 15.2. The van der Waals surface area contributed by atoms with E-state index in [0.717, 1.165) is 33.4 Å². The quantitative estimate of drug-likeness (QED) is 0.508. The van der Waals surface area contributed by atoms with Crippen molar-refractivity contribution in [3.8, 4) is 5.69 Å². The van der Waals surface area contributed by atoms with E-state index in [1.54, 1.807) is 6.20 Å². The molecule has 0 aliphatic rings. The van der Waals surface area contributed by atoms with E-state index in [-0.39, 0.29) is 12.6 Å². The molecule has 2 heterocycles. The molecule has 2 aromatic heterocycles. The predicted octanol–water partition coefficient (Wildman–Crippen LogP) is 4.39. The molecule has 0 atom stereocenters. The second kappa shape index (κ2) is 7.03. The maximum absolute atomic E-state index is 12.8. The van der Waals surface area contributed by atoms with Gasteiger partial charge in [0, 0.05) is 6.20 Å². The highest BCUT2D eigenvalue weighted by molar-refractivity contribution is 5.95. The van der Waals surface area contributed by atoms with Crippen molar-refractivity contribution in [2.75, 3.05) is 0 Å². The molecule has 4 rings (SSSR count). The van der Waals surface area contributed by atoms with Crippen molar-refractivity contribution in [2.45, 2.75) is 20.5 Å². The van der Waals surface area contributed by atoms with Gasteiger partial charge in [-0.2, -0.15) is 0 Å². The number of hydrogen-bond donors (Lipinski definition) is 0. The zero-order chi connectivity index (χ0) is 18.8. The Morgan fingerprint density at radius 2 is 1.93 bits per heavy atom. The number of carbonyl (C=O) groups excluding carboxylic acids is 1. The molecule has 0 fully saturated rings. The number of esters is 1. The molecule has 0 unspecified atom stereocenters. The summed E-state index contributed by atoms with van der Waals surface area (Å²) < 4.78 is 7.51. The van der Waals surface area contributed by atoms with E-state index in [2.05, 4.69) is 9.97 Å². The van der Waals surface area contributed by atoms with Gasteiger partial charge in [-0.15, -0.1) is 0 Å². The van der Waals surface area contributed by atoms with Gasteiger partial charge in [-0.3, -0.25) is 0 Å². The summed E-state index contributed by atoms with van der Waals surface area (Å²) >= 11 is 0. The number of rotatable bonds is 4. The molecule has 4 aromatic rings. The lowest BCUT2D eigenvalue weighted by Crippen LogP contribution is -2.10. The minimum absolute atomic E-state index is 0.238. The second-order valence-corrected chi connectivity index (χ2v) is 6.52. The van der Waals surface area contributed by atoms with Crippen LogP contribution < -0.4 is 0 Å². The van der Waals surface area contributed by atoms with E-state index in [1.165, 1.54) is 6.33 Å². The van der Waals surface area contributed by atoms with Crippen LogP contribution in [0, 0.1) is 13.8 Å². The van der Waals surface area contributed by atoms with Gasteiger partial charge in [-0.25, -0.2) is 14.8 Å². The van der Waals surface area contributed by atoms with Crippen LogP contribution in [0.25, 0.3) is 16.7 Å². The van der Waals surface area contributed by atoms with E-state index in [1.807, 2.05) is 73.1 Å². The van der Waals surface area contributed by atoms with Gasteiger partial charge in [0.15, 0.2) is 0 Å². The van der Waals surface area contributed by atoms with E-state index in [4.69, 9.17) is 4.74 Å². The number of ether oxygens (including phenoxy) is 1. The van der Waals surface area contributed by atoms with E-state index in [0.29, 0.717) is 5.56 Å². The first kappa shape index (κ1) is 17.0. The molecule has 5 nitrogen and oxygen atoms in total. The topological polar surface area (TPSA) is 57.0 Å². The summed E-state index contributed by atoms with van der Waals surface area (Å²) in [5, 5.41) is 0. The summed E-state index contributed by atoms with van der Waals surface area (Å²) in [5.74, 6) is -0.353. The number of carbonyl (C=O) groups is 1. The third-order valence-electron chi connectivity index (χ3n) is 4.49. The van der Waals surface area contributed by atoms with Crippen LogP contribution in [0.2, 0.25) is 0 Å². The molecule has 0 bridgehead atoms. The molecular formula is C22H19N3O2. The number of fused-ring (bicyclic) bond motifs is 1. The smallest absolute Gasteiger partial charge is 0.340 e. The second-order valence-electron chi connectivity index (χ2n) is 6.52. The van der Waals surface area contributed by atoms with Crippen LogP contribution in [0.3, 0.4) is 0 Å². The maximum Gasteiger partial charge on any atom is 0.340 e. The van der Waals surface area contributed by atoms with Gasteiger partial charge in [-0.1, -0.05) is 42.0 Å². The Morgan fingerprint density at radius 3 is 2.74 bits per heavy atom. The van der Waals surface area contributed by atoms with E-state index >= 15 is 0 Å². The molecule has 0 radical (unpaired) electrons. The average Bonchev–Trinajstić information content (AvgIpc) is 3.04. The van der Waals surface area contributed by atoms with Gasteiger partial charge in [-0.05, 0) is 37.1 Å². The zero-order valence-corrected chi connectivity index (χ0v) is 15.2. The first-order valence-corrected chi connectivity index (χ1v) is 8.73. The third kappa shape index (κ3) is 3.31. The highest BCUT2D eigenvalue weighted by atomic mass is 16.5. The Bertz CT molecular complexity index is 1120. The summed E-state index contributed by atoms with van der Waals surface area (Å²) in [7, 11) is 0. The van der Waals surface area contributed by atoms with Crippen LogP contribution in [0.4, 0.5) is 0 Å². The fourth-order valence-corrected chi connectivity index (χ4v) is 3.15. The summed E-state index contributed by atoms with van der Waals surface area (Å²) in [6, 6.07) is 15.4. The minimum Gasteiger partial charge on any atom is -0.457 e. The van der Waals surface area contributed by atoms with Crippen LogP contribution in [-0.2, 0) is 11.3 Å². The molecule has 2 aromatic carbocycles. The Labute approximate surface area is 157 Å². The number of nitrogens with zero attached hydrogens (tertiary/aromatic N) is 3. The van der Waals surface area contributed by atoms with Crippen molar-refractivity contribution in [1.82, 2.24) is 14.5 Å². The first-order valence-electron chi connectivity index (χ1n) is 8.73. The number of aromatic nitrogens is 3. The van der Waals surface area contributed by atoms with Crippen LogP contribution in [0.15, 0.2) is 67.3 Å². The van der Waals surface area contributed by atoms with Crippen LogP contribution in [-0.4, -0.2) is 20.5 Å². The van der Waals surface area contributed by atoms with Gasteiger partial charge in [0.2, 0.25) is 0 Å². The predicted molar refractivity (Wildman–Crippen MR) is 104 cm³/mol. The molecule has 0 spiro atoms. The number of benzene rings is 2. The van der Waals surface area contributed by atoms with Gasteiger partial charge in [0.1, 0.15) is 12.9 Å². The lowest BCUT2D eigenvalue weighted by atomic mass is 10.1. The summed E-state index contributed by atoms with van der Waals surface area (Å²) in [6.07, 6.45) is 5.26. The number of aryl methyl sites for hydroxylation is 2. The Balaban J connectivity index is 1.73. The Kier molecular flexibility index (Phi) is 4.42. The Hall–Kier alpha value is -3.47. The highest BCUT2D eigenvalue weighted by Crippen LogP contribution is 2.25. The van der Waals surface area contributed by atoms with Gasteiger partial charge in [0.05, 0.1) is 28.5 Å². The van der Waals surface area contributed by atoms with Crippen LogP contribution in [0.5, 0.6) is 0 Å². The van der Waals surface area contributed by atoms with Crippen LogP contribution in [0.1, 0.15) is 27.0 Å². The average molecular weight is 357 g/mol. The molecule has 0 saturated heterocycles. The minimum atomic E-state index is -0.353. The summed E-state index contributed by atoms with van der Waals surface area (Å²) in [5.41, 5.74) is 5.98. The number of hydrogen-bond acceptors (Lipinski definition) is 4. The van der Waals surface area contributed by atoms with Crippen molar-refractivity contribution in [2.24, 2.45) is 0 Å².